The molecule has 3 heterocycles. The van der Waals surface area contributed by atoms with Gasteiger partial charge in [0.1, 0.15) is 18.5 Å². The number of aromatic nitrogens is 4. The van der Waals surface area contributed by atoms with Crippen molar-refractivity contribution >= 4 is 5.91 Å². The summed E-state index contributed by atoms with van der Waals surface area (Å²) in [6.45, 7) is 5.02. The summed E-state index contributed by atoms with van der Waals surface area (Å²) in [7, 11) is 0. The first-order valence-electron chi connectivity index (χ1n) is 7.61. The highest BCUT2D eigenvalue weighted by Crippen LogP contribution is 2.15. The Morgan fingerprint density at radius 2 is 2.18 bits per heavy atom. The van der Waals surface area contributed by atoms with E-state index in [0.717, 1.165) is 19.5 Å². The molecule has 1 amide bonds. The Labute approximate surface area is 129 Å². The van der Waals surface area contributed by atoms with E-state index < -0.39 is 0 Å². The van der Waals surface area contributed by atoms with E-state index in [9.17, 15) is 4.79 Å². The lowest BCUT2D eigenvalue weighted by atomic mass is 10.2. The number of nitrogens with zero attached hydrogens (tertiary/aromatic N) is 5. The molecule has 0 spiro atoms. The van der Waals surface area contributed by atoms with Crippen LogP contribution in [-0.2, 0) is 0 Å². The van der Waals surface area contributed by atoms with E-state index in [1.807, 2.05) is 0 Å². The largest absolute Gasteiger partial charge is 0.350 e. The second kappa shape index (κ2) is 6.65. The number of likely N-dealkylation sites (N-methyl/N-ethyl adjacent to an activating group) is 1. The second-order valence-electron chi connectivity index (χ2n) is 5.41. The van der Waals surface area contributed by atoms with Gasteiger partial charge in [0.05, 0.1) is 5.56 Å². The Balaban J connectivity index is 1.58. The van der Waals surface area contributed by atoms with Crippen LogP contribution in [0.5, 0.6) is 0 Å². The van der Waals surface area contributed by atoms with Crippen molar-refractivity contribution in [3.05, 3.63) is 36.5 Å². The van der Waals surface area contributed by atoms with Gasteiger partial charge in [-0.25, -0.2) is 4.98 Å². The van der Waals surface area contributed by atoms with Crippen LogP contribution in [0.15, 0.2) is 31.0 Å². The molecule has 0 bridgehead atoms. The molecule has 1 saturated heterocycles. The van der Waals surface area contributed by atoms with E-state index >= 15 is 0 Å². The van der Waals surface area contributed by atoms with Gasteiger partial charge in [-0.05, 0) is 38.1 Å². The molecular weight excluding hydrogens is 280 g/mol. The molecule has 0 aliphatic carbocycles. The van der Waals surface area contributed by atoms with Gasteiger partial charge in [-0.3, -0.25) is 14.3 Å². The number of pyridine rings is 1. The van der Waals surface area contributed by atoms with Crippen LogP contribution in [0.3, 0.4) is 0 Å². The smallest absolute Gasteiger partial charge is 0.252 e. The predicted molar refractivity (Wildman–Crippen MR) is 81.8 cm³/mol. The molecule has 1 atom stereocenters. The molecule has 0 unspecified atom stereocenters. The first kappa shape index (κ1) is 14.6. The Morgan fingerprint density at radius 3 is 2.86 bits per heavy atom. The van der Waals surface area contributed by atoms with Gasteiger partial charge in [0.15, 0.2) is 0 Å². The quantitative estimate of drug-likeness (QED) is 0.887. The molecule has 1 N–H and O–H groups in total. The lowest BCUT2D eigenvalue weighted by molar-refractivity contribution is 0.0941. The number of carbonyl (C=O) groups is 1. The van der Waals surface area contributed by atoms with Crippen LogP contribution in [0.25, 0.3) is 5.82 Å². The maximum absolute atomic E-state index is 12.2. The first-order valence-corrected chi connectivity index (χ1v) is 7.61. The molecule has 1 fully saturated rings. The first-order chi connectivity index (χ1) is 10.8. The van der Waals surface area contributed by atoms with Crippen molar-refractivity contribution in [2.24, 2.45) is 0 Å². The number of hydrogen-bond acceptors (Lipinski definition) is 5. The van der Waals surface area contributed by atoms with Crippen molar-refractivity contribution in [1.82, 2.24) is 30.0 Å². The summed E-state index contributed by atoms with van der Waals surface area (Å²) in [6, 6.07) is 4.01. The van der Waals surface area contributed by atoms with E-state index in [1.54, 1.807) is 35.6 Å². The van der Waals surface area contributed by atoms with Gasteiger partial charge in [0.2, 0.25) is 0 Å². The van der Waals surface area contributed by atoms with E-state index in [1.165, 1.54) is 6.42 Å². The Kier molecular flexibility index (Phi) is 4.43. The van der Waals surface area contributed by atoms with Crippen molar-refractivity contribution in [2.45, 2.75) is 25.8 Å². The molecule has 2 aromatic heterocycles. The second-order valence-corrected chi connectivity index (χ2v) is 5.41. The number of amides is 1. The normalized spacial score (nSPS) is 18.5. The van der Waals surface area contributed by atoms with Gasteiger partial charge in [-0.15, -0.1) is 10.2 Å². The predicted octanol–water partition coefficient (Wildman–Crippen LogP) is 0.876. The molecule has 2 aromatic rings. The van der Waals surface area contributed by atoms with Crippen LogP contribution in [0.2, 0.25) is 0 Å². The molecule has 1 aliphatic heterocycles. The van der Waals surface area contributed by atoms with Gasteiger partial charge in [0.25, 0.3) is 5.91 Å². The lowest BCUT2D eigenvalue weighted by Gasteiger charge is -2.22. The van der Waals surface area contributed by atoms with Crippen LogP contribution in [0.1, 0.15) is 30.1 Å². The minimum Gasteiger partial charge on any atom is -0.350 e. The van der Waals surface area contributed by atoms with E-state index in [2.05, 4.69) is 32.3 Å². The summed E-state index contributed by atoms with van der Waals surface area (Å²) in [5, 5.41) is 10.5. The highest BCUT2D eigenvalue weighted by Gasteiger charge is 2.23. The molecule has 0 aromatic carbocycles. The molecule has 7 heteroatoms. The zero-order valence-electron chi connectivity index (χ0n) is 12.6. The van der Waals surface area contributed by atoms with Crippen LogP contribution in [0.4, 0.5) is 0 Å². The molecule has 0 radical (unpaired) electrons. The minimum absolute atomic E-state index is 0.0780. The number of likely N-dealkylation sites (tertiary alicyclic amines) is 1. The molecule has 22 heavy (non-hydrogen) atoms. The van der Waals surface area contributed by atoms with Crippen molar-refractivity contribution in [3.63, 3.8) is 0 Å². The Hall–Kier alpha value is -2.28. The molecule has 3 rings (SSSR count). The topological polar surface area (TPSA) is 75.9 Å². The number of carbonyl (C=O) groups excluding carboxylic acids is 1. The van der Waals surface area contributed by atoms with Gasteiger partial charge in [-0.1, -0.05) is 6.92 Å². The summed E-state index contributed by atoms with van der Waals surface area (Å²) in [5.74, 6) is 0.611. The van der Waals surface area contributed by atoms with Gasteiger partial charge < -0.3 is 5.32 Å². The fourth-order valence-corrected chi connectivity index (χ4v) is 2.85. The number of nitrogens with one attached hydrogen (secondary N) is 1. The van der Waals surface area contributed by atoms with E-state index in [4.69, 9.17) is 0 Å². The highest BCUT2D eigenvalue weighted by atomic mass is 16.1. The van der Waals surface area contributed by atoms with Crippen LogP contribution in [0, 0.1) is 0 Å². The maximum Gasteiger partial charge on any atom is 0.252 e. The fourth-order valence-electron chi connectivity index (χ4n) is 2.85. The monoisotopic (exact) mass is 300 g/mol. The molecule has 7 nitrogen and oxygen atoms in total. The van der Waals surface area contributed by atoms with Gasteiger partial charge in [0, 0.05) is 18.8 Å². The summed E-state index contributed by atoms with van der Waals surface area (Å²) < 4.78 is 1.69. The Morgan fingerprint density at radius 1 is 1.36 bits per heavy atom. The standard InChI is InChI=1S/C15H20N6O/c1-2-20-7-3-4-13(20)9-17-15(22)12-5-6-14(16-8-12)21-10-18-19-11-21/h5-6,8,10-11,13H,2-4,7,9H2,1H3,(H,17,22)/t13-/m1/s1. The fraction of sp³-hybridized carbons (Fsp3) is 0.467. The van der Waals surface area contributed by atoms with Gasteiger partial charge in [-0.2, -0.15) is 0 Å². The van der Waals surface area contributed by atoms with Crippen LogP contribution in [-0.4, -0.2) is 56.2 Å². The average molecular weight is 300 g/mol. The SMILES string of the molecule is CCN1CCC[C@@H]1CNC(=O)c1ccc(-n2cnnc2)nc1. The van der Waals surface area contributed by atoms with Crippen molar-refractivity contribution in [3.8, 4) is 5.82 Å². The summed E-state index contributed by atoms with van der Waals surface area (Å²) in [5.41, 5.74) is 0.567. The summed E-state index contributed by atoms with van der Waals surface area (Å²) in [4.78, 5) is 18.9. The zero-order valence-corrected chi connectivity index (χ0v) is 12.6. The minimum atomic E-state index is -0.0780. The number of hydrogen-bond donors (Lipinski definition) is 1. The summed E-state index contributed by atoms with van der Waals surface area (Å²) in [6.07, 6.45) is 7.09. The van der Waals surface area contributed by atoms with Crippen LogP contribution < -0.4 is 5.32 Å². The maximum atomic E-state index is 12.2. The molecular formula is C15H20N6O. The van der Waals surface area contributed by atoms with Crippen molar-refractivity contribution in [1.29, 1.82) is 0 Å². The zero-order chi connectivity index (χ0) is 15.4. The molecule has 1 aliphatic rings. The highest BCUT2D eigenvalue weighted by molar-refractivity contribution is 5.93. The number of rotatable bonds is 5. The third-order valence-corrected chi connectivity index (χ3v) is 4.10. The van der Waals surface area contributed by atoms with Crippen molar-refractivity contribution < 1.29 is 4.79 Å². The van der Waals surface area contributed by atoms with E-state index in [0.29, 0.717) is 24.0 Å². The van der Waals surface area contributed by atoms with E-state index in [-0.39, 0.29) is 5.91 Å². The average Bonchev–Trinajstić information content (AvgIpc) is 3.24. The summed E-state index contributed by atoms with van der Waals surface area (Å²) >= 11 is 0. The lowest BCUT2D eigenvalue weighted by Crippen LogP contribution is -2.40. The Bertz CT molecular complexity index is 609. The molecule has 0 saturated carbocycles. The third-order valence-electron chi connectivity index (χ3n) is 4.10. The third kappa shape index (κ3) is 3.14. The molecule has 116 valence electrons. The van der Waals surface area contributed by atoms with Gasteiger partial charge >= 0.3 is 0 Å². The van der Waals surface area contributed by atoms with Crippen LogP contribution >= 0.6 is 0 Å². The van der Waals surface area contributed by atoms with Crippen molar-refractivity contribution in [2.75, 3.05) is 19.6 Å².